The van der Waals surface area contributed by atoms with Gasteiger partial charge < -0.3 is 10.6 Å². The van der Waals surface area contributed by atoms with Crippen LogP contribution in [0.2, 0.25) is 0 Å². The second kappa shape index (κ2) is 7.03. The average Bonchev–Trinajstić information content (AvgIpc) is 3.46. The number of pyridine rings is 1. The van der Waals surface area contributed by atoms with Crippen LogP contribution in [0.15, 0.2) is 54.7 Å². The number of para-hydroxylation sites is 1. The second-order valence-corrected chi connectivity index (χ2v) is 6.57. The molecule has 0 atom stereocenters. The molecule has 1 aliphatic rings. The van der Waals surface area contributed by atoms with Crippen molar-refractivity contribution >= 4 is 23.3 Å². The van der Waals surface area contributed by atoms with Crippen LogP contribution in [0, 0.1) is 12.8 Å². The van der Waals surface area contributed by atoms with Gasteiger partial charge >= 0.3 is 0 Å². The van der Waals surface area contributed by atoms with Gasteiger partial charge in [0.2, 0.25) is 5.91 Å². The van der Waals surface area contributed by atoms with E-state index in [1.54, 1.807) is 22.9 Å². The minimum Gasteiger partial charge on any atom is -0.319 e. The lowest BCUT2D eigenvalue weighted by Gasteiger charge is -2.06. The van der Waals surface area contributed by atoms with Crippen molar-refractivity contribution in [2.75, 3.05) is 10.6 Å². The maximum atomic E-state index is 12.5. The normalized spacial score (nSPS) is 13.2. The lowest BCUT2D eigenvalue weighted by Crippen LogP contribution is -2.15. The third kappa shape index (κ3) is 3.87. The van der Waals surface area contributed by atoms with Crippen LogP contribution < -0.4 is 10.6 Å². The highest BCUT2D eigenvalue weighted by molar-refractivity contribution is 6.03. The summed E-state index contributed by atoms with van der Waals surface area (Å²) in [5.41, 5.74) is 2.62. The Labute approximate surface area is 156 Å². The second-order valence-electron chi connectivity index (χ2n) is 6.57. The Balaban J connectivity index is 1.44. The number of anilines is 2. The van der Waals surface area contributed by atoms with E-state index < -0.39 is 0 Å². The summed E-state index contributed by atoms with van der Waals surface area (Å²) < 4.78 is 1.73. The maximum absolute atomic E-state index is 12.5. The molecule has 27 heavy (non-hydrogen) atoms. The van der Waals surface area contributed by atoms with E-state index in [1.165, 1.54) is 6.20 Å². The van der Waals surface area contributed by atoms with E-state index in [4.69, 9.17) is 0 Å². The van der Waals surface area contributed by atoms with Gasteiger partial charge in [-0.25, -0.2) is 9.67 Å². The molecule has 1 aromatic carbocycles. The van der Waals surface area contributed by atoms with Gasteiger partial charge in [0.1, 0.15) is 5.82 Å². The number of amides is 2. The van der Waals surface area contributed by atoms with Crippen molar-refractivity contribution in [1.82, 2.24) is 14.8 Å². The lowest BCUT2D eigenvalue weighted by atomic mass is 10.3. The van der Waals surface area contributed by atoms with Crippen LogP contribution in [0.5, 0.6) is 0 Å². The Morgan fingerprint density at radius 3 is 2.52 bits per heavy atom. The monoisotopic (exact) mass is 361 g/mol. The molecule has 0 saturated heterocycles. The molecule has 2 N–H and O–H groups in total. The Morgan fingerprint density at radius 2 is 1.85 bits per heavy atom. The van der Waals surface area contributed by atoms with Gasteiger partial charge in [-0.3, -0.25) is 9.59 Å². The fourth-order valence-corrected chi connectivity index (χ4v) is 2.73. The molecular formula is C20H19N5O2. The molecule has 2 amide bonds. The van der Waals surface area contributed by atoms with Crippen LogP contribution in [0.3, 0.4) is 0 Å². The third-order valence-electron chi connectivity index (χ3n) is 4.34. The fourth-order valence-electron chi connectivity index (χ4n) is 2.73. The molecular weight excluding hydrogens is 342 g/mol. The molecule has 136 valence electrons. The molecule has 2 heterocycles. The van der Waals surface area contributed by atoms with Gasteiger partial charge in [0.15, 0.2) is 5.69 Å². The summed E-state index contributed by atoms with van der Waals surface area (Å²) >= 11 is 0. The van der Waals surface area contributed by atoms with E-state index in [-0.39, 0.29) is 17.7 Å². The number of hydrogen-bond acceptors (Lipinski definition) is 4. The van der Waals surface area contributed by atoms with E-state index in [1.807, 2.05) is 37.3 Å². The molecule has 1 fully saturated rings. The Bertz CT molecular complexity index is 975. The van der Waals surface area contributed by atoms with Gasteiger partial charge in [0.05, 0.1) is 17.6 Å². The highest BCUT2D eigenvalue weighted by Gasteiger charge is 2.29. The van der Waals surface area contributed by atoms with E-state index in [9.17, 15) is 9.59 Å². The molecule has 0 radical (unpaired) electrons. The number of carbonyl (C=O) groups is 2. The zero-order valence-corrected chi connectivity index (χ0v) is 14.8. The molecule has 0 unspecified atom stereocenters. The first-order chi connectivity index (χ1) is 13.1. The highest BCUT2D eigenvalue weighted by atomic mass is 16.2. The molecule has 1 saturated carbocycles. The van der Waals surface area contributed by atoms with Gasteiger partial charge in [-0.15, -0.1) is 0 Å². The first-order valence-corrected chi connectivity index (χ1v) is 8.80. The van der Waals surface area contributed by atoms with Crippen molar-refractivity contribution in [1.29, 1.82) is 0 Å². The summed E-state index contributed by atoms with van der Waals surface area (Å²) in [6.45, 7) is 1.90. The smallest absolute Gasteiger partial charge is 0.276 e. The molecule has 0 aliphatic heterocycles. The summed E-state index contributed by atoms with van der Waals surface area (Å²) in [7, 11) is 0. The van der Waals surface area contributed by atoms with Crippen LogP contribution in [0.25, 0.3) is 5.69 Å². The van der Waals surface area contributed by atoms with Gasteiger partial charge in [0.25, 0.3) is 5.91 Å². The number of nitrogens with zero attached hydrogens (tertiary/aromatic N) is 3. The fraction of sp³-hybridized carbons (Fsp3) is 0.200. The number of nitrogens with one attached hydrogen (secondary N) is 2. The van der Waals surface area contributed by atoms with Crippen molar-refractivity contribution in [3.63, 3.8) is 0 Å². The first kappa shape index (κ1) is 17.0. The number of rotatable bonds is 5. The summed E-state index contributed by atoms with van der Waals surface area (Å²) in [5, 5.41) is 9.93. The molecule has 2 aromatic heterocycles. The van der Waals surface area contributed by atoms with Gasteiger partial charge in [-0.1, -0.05) is 18.2 Å². The van der Waals surface area contributed by atoms with E-state index in [2.05, 4.69) is 20.7 Å². The quantitative estimate of drug-likeness (QED) is 0.730. The summed E-state index contributed by atoms with van der Waals surface area (Å²) in [6, 6.07) is 14.7. The zero-order valence-electron chi connectivity index (χ0n) is 14.8. The van der Waals surface area contributed by atoms with Crippen LogP contribution in [0.1, 0.15) is 29.0 Å². The molecule has 1 aliphatic carbocycles. The van der Waals surface area contributed by atoms with Crippen molar-refractivity contribution in [2.24, 2.45) is 5.92 Å². The topological polar surface area (TPSA) is 88.9 Å². The van der Waals surface area contributed by atoms with Crippen LogP contribution in [-0.4, -0.2) is 26.6 Å². The van der Waals surface area contributed by atoms with Crippen LogP contribution >= 0.6 is 0 Å². The van der Waals surface area contributed by atoms with Crippen molar-refractivity contribution in [2.45, 2.75) is 19.8 Å². The lowest BCUT2D eigenvalue weighted by molar-refractivity contribution is -0.117. The Kier molecular flexibility index (Phi) is 4.42. The first-order valence-electron chi connectivity index (χ1n) is 8.80. The molecule has 3 aromatic rings. The van der Waals surface area contributed by atoms with Gasteiger partial charge in [-0.2, -0.15) is 5.10 Å². The number of aromatic nitrogens is 3. The van der Waals surface area contributed by atoms with Crippen LogP contribution in [-0.2, 0) is 4.79 Å². The highest BCUT2D eigenvalue weighted by Crippen LogP contribution is 2.30. The molecule has 0 bridgehead atoms. The standard InChI is InChI=1S/C20H19N5O2/c1-13-11-17(24-25(13)16-5-3-2-4-6-16)20(27)22-15-9-10-18(21-12-15)23-19(26)14-7-8-14/h2-6,9-12,14H,7-8H2,1H3,(H,22,27)(H,21,23,26). The van der Waals surface area contributed by atoms with Crippen LogP contribution in [0.4, 0.5) is 11.5 Å². The predicted octanol–water partition coefficient (Wildman–Crippen LogP) is 3.18. The molecule has 0 spiro atoms. The SMILES string of the molecule is Cc1cc(C(=O)Nc2ccc(NC(=O)C3CC3)nc2)nn1-c1ccccc1. The Morgan fingerprint density at radius 1 is 1.07 bits per heavy atom. The van der Waals surface area contributed by atoms with E-state index in [0.717, 1.165) is 24.2 Å². The third-order valence-corrected chi connectivity index (χ3v) is 4.34. The van der Waals surface area contributed by atoms with Crippen molar-refractivity contribution < 1.29 is 9.59 Å². The summed E-state index contributed by atoms with van der Waals surface area (Å²) in [5.74, 6) is 0.286. The van der Waals surface area contributed by atoms with Crippen molar-refractivity contribution in [3.8, 4) is 5.69 Å². The van der Waals surface area contributed by atoms with E-state index >= 15 is 0 Å². The summed E-state index contributed by atoms with van der Waals surface area (Å²) in [4.78, 5) is 28.4. The number of hydrogen-bond donors (Lipinski definition) is 2. The summed E-state index contributed by atoms with van der Waals surface area (Å²) in [6.07, 6.45) is 3.39. The minimum atomic E-state index is -0.315. The molecule has 7 nitrogen and oxygen atoms in total. The van der Waals surface area contributed by atoms with Gasteiger partial charge in [0, 0.05) is 11.6 Å². The zero-order chi connectivity index (χ0) is 18.8. The largest absolute Gasteiger partial charge is 0.319 e. The molecule has 4 rings (SSSR count). The molecule has 7 heteroatoms. The van der Waals surface area contributed by atoms with E-state index in [0.29, 0.717) is 17.2 Å². The predicted molar refractivity (Wildman–Crippen MR) is 102 cm³/mol. The van der Waals surface area contributed by atoms with Gasteiger partial charge in [-0.05, 0) is 50.1 Å². The minimum absolute atomic E-state index is 0.00112. The Hall–Kier alpha value is -3.48. The van der Waals surface area contributed by atoms with Crippen molar-refractivity contribution in [3.05, 3.63) is 66.1 Å². The maximum Gasteiger partial charge on any atom is 0.276 e. The number of aryl methyl sites for hydroxylation is 1. The number of carbonyl (C=O) groups excluding carboxylic acids is 2. The number of benzene rings is 1. The average molecular weight is 361 g/mol.